The zero-order valence-corrected chi connectivity index (χ0v) is 17.4. The summed E-state index contributed by atoms with van der Waals surface area (Å²) < 4.78 is 11.9. The van der Waals surface area contributed by atoms with E-state index in [9.17, 15) is 4.79 Å². The Hall–Kier alpha value is -2.49. The molecule has 0 radical (unpaired) electrons. The van der Waals surface area contributed by atoms with Crippen LogP contribution in [0, 0.1) is 5.92 Å². The van der Waals surface area contributed by atoms with Gasteiger partial charge in [-0.05, 0) is 48.6 Å². The highest BCUT2D eigenvalue weighted by Crippen LogP contribution is 2.28. The predicted octanol–water partition coefficient (Wildman–Crippen LogP) is 5.07. The summed E-state index contributed by atoms with van der Waals surface area (Å²) in [6.07, 6.45) is 0.776. The minimum absolute atomic E-state index is 0.195. The molecule has 4 heteroatoms. The Bertz CT molecular complexity index is 779. The standard InChI is InChI=1S/C24H31NO3/c1-17(2)16-27-23-7-5-6-21(13-23)25-14-24(15-25)28-22-10-8-20(9-11-22)18(3)12-19(4)26/h5-11,13,17-18,24H,12,14-16H2,1-4H3/t18-/m1/s1. The number of benzene rings is 2. The Morgan fingerprint density at radius 2 is 1.79 bits per heavy atom. The summed E-state index contributed by atoms with van der Waals surface area (Å²) in [5.41, 5.74) is 2.35. The van der Waals surface area contributed by atoms with Gasteiger partial charge < -0.3 is 19.2 Å². The van der Waals surface area contributed by atoms with Crippen LogP contribution >= 0.6 is 0 Å². The van der Waals surface area contributed by atoms with E-state index in [1.54, 1.807) is 6.92 Å². The van der Waals surface area contributed by atoms with E-state index in [0.29, 0.717) is 12.3 Å². The van der Waals surface area contributed by atoms with Crippen molar-refractivity contribution >= 4 is 11.5 Å². The maximum absolute atomic E-state index is 11.3. The topological polar surface area (TPSA) is 38.8 Å². The Morgan fingerprint density at radius 1 is 1.07 bits per heavy atom. The van der Waals surface area contributed by atoms with Crippen molar-refractivity contribution in [1.29, 1.82) is 0 Å². The molecule has 150 valence electrons. The van der Waals surface area contributed by atoms with Crippen LogP contribution in [0.2, 0.25) is 0 Å². The van der Waals surface area contributed by atoms with Crippen LogP contribution in [0.1, 0.15) is 45.6 Å². The van der Waals surface area contributed by atoms with Crippen LogP contribution in [-0.2, 0) is 4.79 Å². The number of nitrogens with zero attached hydrogens (tertiary/aromatic N) is 1. The second kappa shape index (κ2) is 9.13. The fraction of sp³-hybridized carbons (Fsp3) is 0.458. The molecule has 0 aromatic heterocycles. The van der Waals surface area contributed by atoms with Crippen molar-refractivity contribution in [2.24, 2.45) is 5.92 Å². The third-order valence-corrected chi connectivity index (χ3v) is 4.96. The number of rotatable bonds is 9. The molecule has 2 aromatic carbocycles. The van der Waals surface area contributed by atoms with Crippen molar-refractivity contribution in [3.63, 3.8) is 0 Å². The van der Waals surface area contributed by atoms with Crippen LogP contribution in [-0.4, -0.2) is 31.6 Å². The molecule has 0 amide bonds. The smallest absolute Gasteiger partial charge is 0.133 e. The van der Waals surface area contributed by atoms with Gasteiger partial charge in [0, 0.05) is 18.2 Å². The van der Waals surface area contributed by atoms with Crippen LogP contribution in [0.15, 0.2) is 48.5 Å². The summed E-state index contributed by atoms with van der Waals surface area (Å²) in [6.45, 7) is 10.5. The maximum atomic E-state index is 11.3. The molecule has 1 fully saturated rings. The van der Waals surface area contributed by atoms with Gasteiger partial charge in [-0.2, -0.15) is 0 Å². The van der Waals surface area contributed by atoms with Crippen LogP contribution in [0.5, 0.6) is 11.5 Å². The monoisotopic (exact) mass is 381 g/mol. The van der Waals surface area contributed by atoms with Crippen molar-refractivity contribution in [2.45, 2.75) is 46.1 Å². The van der Waals surface area contributed by atoms with Crippen molar-refractivity contribution in [3.8, 4) is 11.5 Å². The van der Waals surface area contributed by atoms with Crippen molar-refractivity contribution in [1.82, 2.24) is 0 Å². The maximum Gasteiger partial charge on any atom is 0.133 e. The molecule has 1 atom stereocenters. The van der Waals surface area contributed by atoms with Crippen molar-refractivity contribution in [3.05, 3.63) is 54.1 Å². The highest BCUT2D eigenvalue weighted by atomic mass is 16.5. The molecule has 0 bridgehead atoms. The second-order valence-electron chi connectivity index (χ2n) is 8.22. The zero-order chi connectivity index (χ0) is 20.1. The minimum Gasteiger partial charge on any atom is -0.493 e. The zero-order valence-electron chi connectivity index (χ0n) is 17.4. The number of Topliss-reactive ketones (excluding diaryl/α,β-unsaturated/α-hetero) is 1. The number of ketones is 1. The molecule has 2 aromatic rings. The first-order valence-corrected chi connectivity index (χ1v) is 10.1. The summed E-state index contributed by atoms with van der Waals surface area (Å²) in [4.78, 5) is 13.6. The molecule has 0 saturated carbocycles. The second-order valence-corrected chi connectivity index (χ2v) is 8.22. The molecule has 0 N–H and O–H groups in total. The van der Waals surface area contributed by atoms with Gasteiger partial charge in [0.25, 0.3) is 0 Å². The van der Waals surface area contributed by atoms with E-state index in [1.807, 2.05) is 24.3 Å². The van der Waals surface area contributed by atoms with Gasteiger partial charge in [-0.1, -0.05) is 39.0 Å². The highest BCUT2D eigenvalue weighted by Gasteiger charge is 2.29. The van der Waals surface area contributed by atoms with E-state index < -0.39 is 0 Å². The van der Waals surface area contributed by atoms with E-state index >= 15 is 0 Å². The third-order valence-electron chi connectivity index (χ3n) is 4.96. The fourth-order valence-electron chi connectivity index (χ4n) is 3.37. The molecule has 1 aliphatic heterocycles. The number of hydrogen-bond donors (Lipinski definition) is 0. The van der Waals surface area contributed by atoms with Gasteiger partial charge in [0.2, 0.25) is 0 Å². The molecular formula is C24H31NO3. The van der Waals surface area contributed by atoms with E-state index in [1.165, 1.54) is 11.3 Å². The molecule has 0 spiro atoms. The van der Waals surface area contributed by atoms with Crippen LogP contribution < -0.4 is 14.4 Å². The minimum atomic E-state index is 0.195. The normalized spacial score (nSPS) is 15.2. The van der Waals surface area contributed by atoms with E-state index in [4.69, 9.17) is 9.47 Å². The first-order chi connectivity index (χ1) is 13.4. The van der Waals surface area contributed by atoms with E-state index in [2.05, 4.69) is 49.9 Å². The first kappa shape index (κ1) is 20.2. The summed E-state index contributed by atoms with van der Waals surface area (Å²) in [5, 5.41) is 0. The van der Waals surface area contributed by atoms with Gasteiger partial charge in [-0.15, -0.1) is 0 Å². The third kappa shape index (κ3) is 5.51. The SMILES string of the molecule is CC(=O)C[C@@H](C)c1ccc(OC2CN(c3cccc(OCC(C)C)c3)C2)cc1. The fourth-order valence-corrected chi connectivity index (χ4v) is 3.37. The molecule has 3 rings (SSSR count). The largest absolute Gasteiger partial charge is 0.493 e. The molecule has 1 aliphatic rings. The highest BCUT2D eigenvalue weighted by molar-refractivity contribution is 5.76. The lowest BCUT2D eigenvalue weighted by molar-refractivity contribution is -0.117. The van der Waals surface area contributed by atoms with Crippen LogP contribution in [0.3, 0.4) is 0 Å². The first-order valence-electron chi connectivity index (χ1n) is 10.1. The van der Waals surface area contributed by atoms with Gasteiger partial charge in [0.05, 0.1) is 19.7 Å². The molecule has 0 unspecified atom stereocenters. The summed E-state index contributed by atoms with van der Waals surface area (Å²) in [6, 6.07) is 16.4. The molecule has 28 heavy (non-hydrogen) atoms. The summed E-state index contributed by atoms with van der Waals surface area (Å²) in [7, 11) is 0. The van der Waals surface area contributed by atoms with Gasteiger partial charge >= 0.3 is 0 Å². The lowest BCUT2D eigenvalue weighted by Crippen LogP contribution is -2.54. The van der Waals surface area contributed by atoms with E-state index in [-0.39, 0.29) is 17.8 Å². The van der Waals surface area contributed by atoms with Crippen molar-refractivity contribution in [2.75, 3.05) is 24.6 Å². The van der Waals surface area contributed by atoms with Gasteiger partial charge in [-0.25, -0.2) is 0 Å². The van der Waals surface area contributed by atoms with E-state index in [0.717, 1.165) is 31.2 Å². The van der Waals surface area contributed by atoms with Crippen LogP contribution in [0.4, 0.5) is 5.69 Å². The average Bonchev–Trinajstić information content (AvgIpc) is 2.63. The van der Waals surface area contributed by atoms with Crippen LogP contribution in [0.25, 0.3) is 0 Å². The number of ether oxygens (including phenoxy) is 2. The molecule has 1 heterocycles. The average molecular weight is 382 g/mol. The van der Waals surface area contributed by atoms with Gasteiger partial charge in [-0.3, -0.25) is 0 Å². The Morgan fingerprint density at radius 3 is 2.43 bits per heavy atom. The lowest BCUT2D eigenvalue weighted by atomic mass is 9.96. The number of carbonyl (C=O) groups excluding carboxylic acids is 1. The molecular weight excluding hydrogens is 350 g/mol. The van der Waals surface area contributed by atoms with Gasteiger partial charge in [0.1, 0.15) is 23.4 Å². The van der Waals surface area contributed by atoms with Gasteiger partial charge in [0.15, 0.2) is 0 Å². The Labute approximate surface area is 168 Å². The Kier molecular flexibility index (Phi) is 6.61. The number of carbonyl (C=O) groups is 1. The summed E-state index contributed by atoms with van der Waals surface area (Å²) >= 11 is 0. The molecule has 4 nitrogen and oxygen atoms in total. The Balaban J connectivity index is 1.49. The summed E-state index contributed by atoms with van der Waals surface area (Å²) in [5.74, 6) is 2.79. The number of anilines is 1. The lowest BCUT2D eigenvalue weighted by Gasteiger charge is -2.40. The predicted molar refractivity (Wildman–Crippen MR) is 114 cm³/mol. The number of hydrogen-bond acceptors (Lipinski definition) is 4. The molecule has 1 saturated heterocycles. The molecule has 0 aliphatic carbocycles. The quantitative estimate of drug-likeness (QED) is 0.608. The van der Waals surface area contributed by atoms with Crippen molar-refractivity contribution < 1.29 is 14.3 Å².